The summed E-state index contributed by atoms with van der Waals surface area (Å²) in [5.74, 6) is -1.02. The zero-order valence-corrected chi connectivity index (χ0v) is 9.32. The van der Waals surface area contributed by atoms with Gasteiger partial charge in [-0.3, -0.25) is 4.79 Å². The van der Waals surface area contributed by atoms with Crippen LogP contribution in [-0.4, -0.2) is 54.9 Å². The normalized spacial score (nSPS) is 10.1. The molecular weight excluding hydrogens is 200 g/mol. The molecule has 0 aromatic heterocycles. The Labute approximate surface area is 89.2 Å². The summed E-state index contributed by atoms with van der Waals surface area (Å²) in [6.45, 7) is 4.01. The molecule has 88 valence electrons. The largest absolute Gasteiger partial charge is 0.480 e. The van der Waals surface area contributed by atoms with Crippen LogP contribution in [0.5, 0.6) is 0 Å². The average molecular weight is 218 g/mol. The zero-order chi connectivity index (χ0) is 11.8. The van der Waals surface area contributed by atoms with Gasteiger partial charge in [0.2, 0.25) is 0 Å². The topological polar surface area (TPSA) is 78.9 Å². The van der Waals surface area contributed by atoms with Crippen LogP contribution in [0.3, 0.4) is 0 Å². The number of aliphatic carboxylic acids is 1. The first-order valence-corrected chi connectivity index (χ1v) is 4.74. The van der Waals surface area contributed by atoms with Crippen LogP contribution in [-0.2, 0) is 9.53 Å². The molecule has 6 nitrogen and oxygen atoms in total. The summed E-state index contributed by atoms with van der Waals surface area (Å²) >= 11 is 0. The maximum atomic E-state index is 11.5. The van der Waals surface area contributed by atoms with Gasteiger partial charge in [-0.15, -0.1) is 0 Å². The van der Waals surface area contributed by atoms with E-state index < -0.39 is 5.97 Å². The predicted molar refractivity (Wildman–Crippen MR) is 54.8 cm³/mol. The number of ether oxygens (including phenoxy) is 1. The van der Waals surface area contributed by atoms with E-state index in [9.17, 15) is 9.59 Å². The second-order valence-corrected chi connectivity index (χ2v) is 3.34. The molecule has 6 heteroatoms. The highest BCUT2D eigenvalue weighted by Crippen LogP contribution is 1.98. The highest BCUT2D eigenvalue weighted by molar-refractivity contribution is 5.80. The quantitative estimate of drug-likeness (QED) is 0.621. The maximum Gasteiger partial charge on any atom is 0.323 e. The molecule has 2 amide bonds. The second-order valence-electron chi connectivity index (χ2n) is 3.34. The second kappa shape index (κ2) is 7.05. The number of hydrogen-bond donors (Lipinski definition) is 2. The van der Waals surface area contributed by atoms with Crippen LogP contribution in [0, 0.1) is 0 Å². The van der Waals surface area contributed by atoms with Gasteiger partial charge in [0.15, 0.2) is 0 Å². The van der Waals surface area contributed by atoms with Crippen LogP contribution >= 0.6 is 0 Å². The van der Waals surface area contributed by atoms with Crippen molar-refractivity contribution in [3.05, 3.63) is 0 Å². The summed E-state index contributed by atoms with van der Waals surface area (Å²) in [4.78, 5) is 23.2. The summed E-state index contributed by atoms with van der Waals surface area (Å²) in [7, 11) is 1.53. The van der Waals surface area contributed by atoms with Crippen molar-refractivity contribution in [2.24, 2.45) is 0 Å². The summed E-state index contributed by atoms with van der Waals surface area (Å²) in [5, 5.41) is 11.2. The molecule has 0 aliphatic rings. The van der Waals surface area contributed by atoms with E-state index in [0.29, 0.717) is 13.2 Å². The van der Waals surface area contributed by atoms with Crippen molar-refractivity contribution < 1.29 is 19.4 Å². The highest BCUT2D eigenvalue weighted by atomic mass is 16.5. The lowest BCUT2D eigenvalue weighted by molar-refractivity contribution is -0.138. The molecule has 0 aromatic rings. The van der Waals surface area contributed by atoms with Gasteiger partial charge in [0.25, 0.3) is 0 Å². The molecule has 0 saturated carbocycles. The number of hydrogen-bond acceptors (Lipinski definition) is 3. The van der Waals surface area contributed by atoms with E-state index in [2.05, 4.69) is 5.32 Å². The molecule has 0 spiro atoms. The van der Waals surface area contributed by atoms with Crippen LogP contribution in [0.1, 0.15) is 13.8 Å². The molecule has 0 heterocycles. The van der Waals surface area contributed by atoms with E-state index in [1.165, 1.54) is 12.0 Å². The average Bonchev–Trinajstić information content (AvgIpc) is 2.13. The molecule has 0 aromatic carbocycles. The maximum absolute atomic E-state index is 11.5. The molecule has 0 rings (SSSR count). The number of nitrogens with zero attached hydrogens (tertiary/aromatic N) is 1. The summed E-state index contributed by atoms with van der Waals surface area (Å²) in [6.07, 6.45) is 0. The van der Waals surface area contributed by atoms with Crippen LogP contribution in [0.15, 0.2) is 0 Å². The number of carbonyl (C=O) groups is 2. The molecule has 2 N–H and O–H groups in total. The van der Waals surface area contributed by atoms with Crippen LogP contribution in [0.2, 0.25) is 0 Å². The van der Waals surface area contributed by atoms with Gasteiger partial charge in [0.05, 0.1) is 6.61 Å². The number of methoxy groups -OCH3 is 1. The Hall–Kier alpha value is -1.30. The monoisotopic (exact) mass is 218 g/mol. The first-order chi connectivity index (χ1) is 6.99. The zero-order valence-electron chi connectivity index (χ0n) is 9.32. The van der Waals surface area contributed by atoms with Crippen LogP contribution in [0.25, 0.3) is 0 Å². The minimum Gasteiger partial charge on any atom is -0.480 e. The highest BCUT2D eigenvalue weighted by Gasteiger charge is 2.18. The third-order valence-electron chi connectivity index (χ3n) is 1.77. The van der Waals surface area contributed by atoms with Crippen molar-refractivity contribution in [2.45, 2.75) is 19.9 Å². The van der Waals surface area contributed by atoms with Gasteiger partial charge < -0.3 is 20.1 Å². The fourth-order valence-corrected chi connectivity index (χ4v) is 0.996. The minimum atomic E-state index is -1.02. The molecule has 15 heavy (non-hydrogen) atoms. The van der Waals surface area contributed by atoms with Crippen LogP contribution < -0.4 is 5.32 Å². The SMILES string of the molecule is COCCNC(=O)N(CC(=O)O)C(C)C. The lowest BCUT2D eigenvalue weighted by Crippen LogP contribution is -2.47. The Balaban J connectivity index is 4.11. The Morgan fingerprint density at radius 2 is 2.07 bits per heavy atom. The Kier molecular flexibility index (Phi) is 6.44. The molecular formula is C9H18N2O4. The van der Waals surface area contributed by atoms with E-state index in [1.54, 1.807) is 13.8 Å². The van der Waals surface area contributed by atoms with Crippen molar-refractivity contribution in [2.75, 3.05) is 26.8 Å². The van der Waals surface area contributed by atoms with Gasteiger partial charge in [0.1, 0.15) is 6.54 Å². The number of urea groups is 1. The van der Waals surface area contributed by atoms with Gasteiger partial charge in [-0.05, 0) is 13.8 Å². The summed E-state index contributed by atoms with van der Waals surface area (Å²) < 4.78 is 4.76. The van der Waals surface area contributed by atoms with E-state index in [1.807, 2.05) is 0 Å². The van der Waals surface area contributed by atoms with Crippen LogP contribution in [0.4, 0.5) is 4.79 Å². The van der Waals surface area contributed by atoms with Gasteiger partial charge >= 0.3 is 12.0 Å². The third kappa shape index (κ3) is 5.90. The van der Waals surface area contributed by atoms with Gasteiger partial charge in [-0.1, -0.05) is 0 Å². The van der Waals surface area contributed by atoms with Gasteiger partial charge in [0, 0.05) is 19.7 Å². The predicted octanol–water partition coefficient (Wildman–Crippen LogP) is 0.137. The van der Waals surface area contributed by atoms with Crippen molar-refractivity contribution >= 4 is 12.0 Å². The fraction of sp³-hybridized carbons (Fsp3) is 0.778. The standard InChI is InChI=1S/C9H18N2O4/c1-7(2)11(6-8(12)13)9(14)10-4-5-15-3/h7H,4-6H2,1-3H3,(H,10,14)(H,12,13). The number of carbonyl (C=O) groups excluding carboxylic acids is 1. The van der Waals surface area contributed by atoms with Gasteiger partial charge in [-0.25, -0.2) is 4.79 Å². The van der Waals surface area contributed by atoms with Crippen molar-refractivity contribution in [1.82, 2.24) is 10.2 Å². The van der Waals surface area contributed by atoms with Crippen molar-refractivity contribution in [1.29, 1.82) is 0 Å². The third-order valence-corrected chi connectivity index (χ3v) is 1.77. The number of carboxylic acid groups (broad SMARTS) is 1. The number of carboxylic acids is 1. The molecule has 0 fully saturated rings. The lowest BCUT2D eigenvalue weighted by Gasteiger charge is -2.24. The van der Waals surface area contributed by atoms with E-state index in [4.69, 9.17) is 9.84 Å². The summed E-state index contributed by atoms with van der Waals surface area (Å²) in [5.41, 5.74) is 0. The van der Waals surface area contributed by atoms with E-state index in [-0.39, 0.29) is 18.6 Å². The molecule has 0 bridgehead atoms. The molecule has 0 radical (unpaired) electrons. The molecule has 0 saturated heterocycles. The first kappa shape index (κ1) is 13.7. The number of rotatable bonds is 6. The minimum absolute atomic E-state index is 0.149. The first-order valence-electron chi connectivity index (χ1n) is 4.74. The van der Waals surface area contributed by atoms with E-state index in [0.717, 1.165) is 0 Å². The molecule has 0 atom stereocenters. The molecule has 0 aliphatic carbocycles. The van der Waals surface area contributed by atoms with Crippen molar-refractivity contribution in [3.63, 3.8) is 0 Å². The fourth-order valence-electron chi connectivity index (χ4n) is 0.996. The van der Waals surface area contributed by atoms with Gasteiger partial charge in [-0.2, -0.15) is 0 Å². The number of nitrogens with one attached hydrogen (secondary N) is 1. The number of amides is 2. The van der Waals surface area contributed by atoms with E-state index >= 15 is 0 Å². The molecule has 0 aliphatic heterocycles. The van der Waals surface area contributed by atoms with Crippen molar-refractivity contribution in [3.8, 4) is 0 Å². The smallest absolute Gasteiger partial charge is 0.323 e. The Morgan fingerprint density at radius 3 is 2.47 bits per heavy atom. The Morgan fingerprint density at radius 1 is 1.47 bits per heavy atom. The Bertz CT molecular complexity index is 218. The lowest BCUT2D eigenvalue weighted by atomic mass is 10.3. The summed E-state index contributed by atoms with van der Waals surface area (Å²) in [6, 6.07) is -0.534. The molecule has 0 unspecified atom stereocenters.